The average Bonchev–Trinajstić information content (AvgIpc) is 3.44. The van der Waals surface area contributed by atoms with Crippen molar-refractivity contribution in [2.75, 3.05) is 0 Å². The first-order chi connectivity index (χ1) is 14.9. The Morgan fingerprint density at radius 3 is 2.07 bits per heavy atom. The molecule has 0 bridgehead atoms. The van der Waals surface area contributed by atoms with Crippen molar-refractivity contribution in [3.63, 3.8) is 0 Å². The summed E-state index contributed by atoms with van der Waals surface area (Å²) in [7, 11) is 0. The Bertz CT molecular complexity index is 1750. The van der Waals surface area contributed by atoms with Gasteiger partial charge in [0, 0.05) is 35.6 Å². The maximum Gasteiger partial charge on any atom is 0.0433 e. The molecule has 0 amide bonds. The summed E-state index contributed by atoms with van der Waals surface area (Å²) in [5.74, 6) is 0. The predicted molar refractivity (Wildman–Crippen MR) is 135 cm³/mol. The third kappa shape index (κ3) is 2.21. The van der Waals surface area contributed by atoms with E-state index < -0.39 is 0 Å². The van der Waals surface area contributed by atoms with Crippen LogP contribution in [0.4, 0.5) is 0 Å². The molecule has 0 spiro atoms. The number of hydrogen-bond acceptors (Lipinski definition) is 2. The van der Waals surface area contributed by atoms with E-state index >= 15 is 0 Å². The Morgan fingerprint density at radius 2 is 1.17 bits per heavy atom. The molecule has 2 aromatic heterocycles. The zero-order chi connectivity index (χ0) is 19.7. The zero-order valence-corrected chi connectivity index (χ0v) is 17.7. The molecule has 0 saturated carbocycles. The lowest BCUT2D eigenvalue weighted by atomic mass is 9.95. The minimum atomic E-state index is 1.29. The molecule has 0 saturated heterocycles. The third-order valence-electron chi connectivity index (χ3n) is 6.15. The monoisotopic (exact) mass is 416 g/mol. The predicted octanol–water partition coefficient (Wildman–Crippen LogP) is 9.24. The maximum absolute atomic E-state index is 2.40. The Kier molecular flexibility index (Phi) is 3.40. The minimum Gasteiger partial charge on any atom is -0.143 e. The molecule has 0 unspecified atom stereocenters. The summed E-state index contributed by atoms with van der Waals surface area (Å²) < 4.78 is 4.11. The molecule has 0 fully saturated rings. The lowest BCUT2D eigenvalue weighted by molar-refractivity contribution is 1.74. The molecule has 2 heterocycles. The van der Waals surface area contributed by atoms with Gasteiger partial charge in [-0.2, -0.15) is 0 Å². The SMILES string of the molecule is c1ccc2c(c1)sc1c(-c3ccc4c(c3)c3ccccc3c3ccsc34)cccc12. The molecule has 0 aliphatic carbocycles. The van der Waals surface area contributed by atoms with E-state index in [0.29, 0.717) is 0 Å². The van der Waals surface area contributed by atoms with Crippen molar-refractivity contribution >= 4 is 74.5 Å². The highest BCUT2D eigenvalue weighted by molar-refractivity contribution is 7.26. The smallest absolute Gasteiger partial charge is 0.0433 e. The van der Waals surface area contributed by atoms with Crippen LogP contribution in [0.5, 0.6) is 0 Å². The van der Waals surface area contributed by atoms with Gasteiger partial charge in [-0.3, -0.25) is 0 Å². The van der Waals surface area contributed by atoms with Gasteiger partial charge >= 0.3 is 0 Å². The van der Waals surface area contributed by atoms with Gasteiger partial charge in [0.15, 0.2) is 0 Å². The largest absolute Gasteiger partial charge is 0.143 e. The van der Waals surface area contributed by atoms with Gasteiger partial charge in [0.1, 0.15) is 0 Å². The van der Waals surface area contributed by atoms with Crippen LogP contribution in [0.3, 0.4) is 0 Å². The van der Waals surface area contributed by atoms with Crippen LogP contribution in [-0.2, 0) is 0 Å². The van der Waals surface area contributed by atoms with Crippen LogP contribution >= 0.6 is 22.7 Å². The standard InChI is InChI=1S/C28H16S2/c1-2-7-20-19(6-1)24-14-15-29-27(24)23-13-12-17(16-25(20)23)18-9-5-10-22-21-8-3-4-11-26(21)30-28(18)22/h1-16H. The molecule has 0 nitrogen and oxygen atoms in total. The first-order valence-electron chi connectivity index (χ1n) is 10.1. The summed E-state index contributed by atoms with van der Waals surface area (Å²) in [5.41, 5.74) is 2.62. The van der Waals surface area contributed by atoms with Crippen LogP contribution in [-0.4, -0.2) is 0 Å². The third-order valence-corrected chi connectivity index (χ3v) is 8.32. The summed E-state index contributed by atoms with van der Waals surface area (Å²) in [5, 5.41) is 11.7. The second-order valence-corrected chi connectivity index (χ2v) is 9.72. The van der Waals surface area contributed by atoms with Gasteiger partial charge in [-0.1, -0.05) is 72.8 Å². The molecule has 2 heteroatoms. The summed E-state index contributed by atoms with van der Waals surface area (Å²) in [6.07, 6.45) is 0. The number of benzene rings is 5. The lowest BCUT2D eigenvalue weighted by Crippen LogP contribution is -1.83. The molecule has 5 aromatic carbocycles. The fraction of sp³-hybridized carbons (Fsp3) is 0. The fourth-order valence-corrected chi connectivity index (χ4v) is 6.98. The molecule has 0 atom stereocenters. The fourth-order valence-electron chi connectivity index (χ4n) is 4.79. The van der Waals surface area contributed by atoms with Gasteiger partial charge in [-0.25, -0.2) is 0 Å². The van der Waals surface area contributed by atoms with Crippen LogP contribution in [0.1, 0.15) is 0 Å². The van der Waals surface area contributed by atoms with E-state index in [1.807, 2.05) is 22.7 Å². The van der Waals surface area contributed by atoms with E-state index in [4.69, 9.17) is 0 Å². The van der Waals surface area contributed by atoms with Gasteiger partial charge in [-0.15, -0.1) is 22.7 Å². The van der Waals surface area contributed by atoms with Crippen molar-refractivity contribution < 1.29 is 0 Å². The molecule has 7 aromatic rings. The molecular weight excluding hydrogens is 400 g/mol. The van der Waals surface area contributed by atoms with E-state index in [1.54, 1.807) is 0 Å². The van der Waals surface area contributed by atoms with Crippen molar-refractivity contribution in [1.29, 1.82) is 0 Å². The Morgan fingerprint density at radius 1 is 0.467 bits per heavy atom. The summed E-state index contributed by atoms with van der Waals surface area (Å²) >= 11 is 3.74. The minimum absolute atomic E-state index is 1.29. The first-order valence-corrected chi connectivity index (χ1v) is 11.8. The van der Waals surface area contributed by atoms with Gasteiger partial charge in [0.25, 0.3) is 0 Å². The first kappa shape index (κ1) is 16.6. The molecule has 30 heavy (non-hydrogen) atoms. The van der Waals surface area contributed by atoms with Crippen LogP contribution < -0.4 is 0 Å². The van der Waals surface area contributed by atoms with Gasteiger partial charge in [0.05, 0.1) is 0 Å². The zero-order valence-electron chi connectivity index (χ0n) is 16.1. The van der Waals surface area contributed by atoms with E-state index in [2.05, 4.69) is 96.4 Å². The van der Waals surface area contributed by atoms with E-state index in [9.17, 15) is 0 Å². The van der Waals surface area contributed by atoms with Crippen molar-refractivity contribution in [3.05, 3.63) is 96.4 Å². The molecule has 0 aliphatic heterocycles. The molecule has 140 valence electrons. The van der Waals surface area contributed by atoms with Gasteiger partial charge in [-0.05, 0) is 50.9 Å². The van der Waals surface area contributed by atoms with Crippen LogP contribution in [0.25, 0.3) is 62.9 Å². The van der Waals surface area contributed by atoms with Crippen molar-refractivity contribution in [2.24, 2.45) is 0 Å². The highest BCUT2D eigenvalue weighted by Crippen LogP contribution is 2.43. The Hall–Kier alpha value is -3.20. The quantitative estimate of drug-likeness (QED) is 0.234. The molecule has 0 radical (unpaired) electrons. The van der Waals surface area contributed by atoms with Crippen LogP contribution in [0.15, 0.2) is 96.4 Å². The Labute approximate surface area is 181 Å². The number of fused-ring (bicyclic) bond motifs is 9. The second-order valence-electron chi connectivity index (χ2n) is 7.75. The highest BCUT2D eigenvalue weighted by atomic mass is 32.1. The maximum atomic E-state index is 2.40. The van der Waals surface area contributed by atoms with Crippen LogP contribution in [0, 0.1) is 0 Å². The summed E-state index contributed by atoms with van der Waals surface area (Å²) in [6, 6.07) is 33.5. The van der Waals surface area contributed by atoms with E-state index in [0.717, 1.165) is 0 Å². The van der Waals surface area contributed by atoms with Gasteiger partial charge < -0.3 is 0 Å². The molecule has 0 aliphatic rings. The average molecular weight is 417 g/mol. The van der Waals surface area contributed by atoms with Crippen molar-refractivity contribution in [3.8, 4) is 11.1 Å². The number of hydrogen-bond donors (Lipinski definition) is 0. The second kappa shape index (κ2) is 6.15. The van der Waals surface area contributed by atoms with Crippen LogP contribution in [0.2, 0.25) is 0 Å². The Balaban J connectivity index is 1.60. The molecular formula is C28H16S2. The van der Waals surface area contributed by atoms with Gasteiger partial charge in [0.2, 0.25) is 0 Å². The highest BCUT2D eigenvalue weighted by Gasteiger charge is 2.13. The molecule has 7 rings (SSSR count). The van der Waals surface area contributed by atoms with Crippen molar-refractivity contribution in [1.82, 2.24) is 0 Å². The van der Waals surface area contributed by atoms with Crippen molar-refractivity contribution in [2.45, 2.75) is 0 Å². The lowest BCUT2D eigenvalue weighted by Gasteiger charge is -2.10. The summed E-state index contributed by atoms with van der Waals surface area (Å²) in [6.45, 7) is 0. The molecule has 0 N–H and O–H groups in total. The van der Waals surface area contributed by atoms with E-state index in [1.165, 1.54) is 62.9 Å². The summed E-state index contributed by atoms with van der Waals surface area (Å²) in [4.78, 5) is 0. The number of rotatable bonds is 1. The normalized spacial score (nSPS) is 12.0. The van der Waals surface area contributed by atoms with E-state index in [-0.39, 0.29) is 0 Å². The topological polar surface area (TPSA) is 0 Å². The number of thiophene rings is 2.